The van der Waals surface area contributed by atoms with Crippen molar-refractivity contribution in [2.45, 2.75) is 58.0 Å². The lowest BCUT2D eigenvalue weighted by Crippen LogP contribution is -2.41. The standard InChI is InChI=1S/C16H25NO/c1-3-8-14-9-6-7-12-17(14)13(2)15-10-4-5-11-16(15)18/h4-5,10-11,13-14,18H,3,6-9,12H2,1-2H3. The van der Waals surface area contributed by atoms with Crippen LogP contribution >= 0.6 is 0 Å². The smallest absolute Gasteiger partial charge is 0.120 e. The number of nitrogens with zero attached hydrogens (tertiary/aromatic N) is 1. The van der Waals surface area contributed by atoms with Crippen molar-refractivity contribution in [3.8, 4) is 5.75 Å². The van der Waals surface area contributed by atoms with Crippen molar-refractivity contribution in [1.29, 1.82) is 0 Å². The van der Waals surface area contributed by atoms with Gasteiger partial charge in [-0.1, -0.05) is 38.0 Å². The average Bonchev–Trinajstić information content (AvgIpc) is 2.40. The zero-order valence-corrected chi connectivity index (χ0v) is 11.6. The lowest BCUT2D eigenvalue weighted by atomic mass is 9.94. The summed E-state index contributed by atoms with van der Waals surface area (Å²) in [6.07, 6.45) is 6.48. The van der Waals surface area contributed by atoms with Crippen LogP contribution in [-0.2, 0) is 0 Å². The monoisotopic (exact) mass is 247 g/mol. The van der Waals surface area contributed by atoms with Gasteiger partial charge in [-0.05, 0) is 38.8 Å². The van der Waals surface area contributed by atoms with Crippen LogP contribution in [0.25, 0.3) is 0 Å². The molecule has 0 radical (unpaired) electrons. The van der Waals surface area contributed by atoms with E-state index in [0.717, 1.165) is 5.56 Å². The lowest BCUT2D eigenvalue weighted by Gasteiger charge is -2.40. The molecule has 1 heterocycles. The highest BCUT2D eigenvalue weighted by molar-refractivity contribution is 5.34. The average molecular weight is 247 g/mol. The normalized spacial score (nSPS) is 22.9. The van der Waals surface area contributed by atoms with Gasteiger partial charge in [-0.25, -0.2) is 0 Å². The van der Waals surface area contributed by atoms with E-state index < -0.39 is 0 Å². The summed E-state index contributed by atoms with van der Waals surface area (Å²) in [6.45, 7) is 5.65. The van der Waals surface area contributed by atoms with Crippen molar-refractivity contribution in [3.05, 3.63) is 29.8 Å². The first kappa shape index (κ1) is 13.4. The van der Waals surface area contributed by atoms with Gasteiger partial charge in [-0.3, -0.25) is 4.90 Å². The summed E-state index contributed by atoms with van der Waals surface area (Å²) in [7, 11) is 0. The van der Waals surface area contributed by atoms with Crippen LogP contribution in [0.2, 0.25) is 0 Å². The minimum Gasteiger partial charge on any atom is -0.508 e. The predicted molar refractivity (Wildman–Crippen MR) is 75.8 cm³/mol. The number of aromatic hydroxyl groups is 1. The molecule has 1 aromatic carbocycles. The maximum absolute atomic E-state index is 10.0. The van der Waals surface area contributed by atoms with E-state index in [1.165, 1.54) is 38.6 Å². The number of phenolic OH excluding ortho intramolecular Hbond substituents is 1. The number of hydrogen-bond donors (Lipinski definition) is 1. The maximum atomic E-state index is 10.0. The highest BCUT2D eigenvalue weighted by atomic mass is 16.3. The first-order valence-corrected chi connectivity index (χ1v) is 7.27. The molecule has 1 aliphatic heterocycles. The molecule has 0 aliphatic carbocycles. The summed E-state index contributed by atoms with van der Waals surface area (Å²) in [5, 5.41) is 10.0. The van der Waals surface area contributed by atoms with Gasteiger partial charge < -0.3 is 5.11 Å². The number of para-hydroxylation sites is 1. The van der Waals surface area contributed by atoms with Gasteiger partial charge in [0.1, 0.15) is 5.75 Å². The molecule has 0 spiro atoms. The van der Waals surface area contributed by atoms with Gasteiger partial charge in [0.25, 0.3) is 0 Å². The van der Waals surface area contributed by atoms with Crippen LogP contribution in [0, 0.1) is 0 Å². The van der Waals surface area contributed by atoms with E-state index in [0.29, 0.717) is 17.8 Å². The second-order valence-electron chi connectivity index (χ2n) is 5.41. The van der Waals surface area contributed by atoms with Gasteiger partial charge in [0.15, 0.2) is 0 Å². The molecule has 1 aliphatic rings. The molecule has 0 aromatic heterocycles. The van der Waals surface area contributed by atoms with E-state index in [2.05, 4.69) is 24.8 Å². The molecule has 2 atom stereocenters. The van der Waals surface area contributed by atoms with Gasteiger partial charge in [0.05, 0.1) is 0 Å². The predicted octanol–water partition coefficient (Wildman–Crippen LogP) is 4.11. The fourth-order valence-electron chi connectivity index (χ4n) is 3.20. The first-order valence-electron chi connectivity index (χ1n) is 7.27. The molecule has 2 nitrogen and oxygen atoms in total. The number of phenols is 1. The Kier molecular flexibility index (Phi) is 4.65. The molecule has 100 valence electrons. The fraction of sp³-hybridized carbons (Fsp3) is 0.625. The van der Waals surface area contributed by atoms with Gasteiger partial charge in [-0.15, -0.1) is 0 Å². The van der Waals surface area contributed by atoms with Crippen LogP contribution in [0.15, 0.2) is 24.3 Å². The summed E-state index contributed by atoms with van der Waals surface area (Å²) in [6, 6.07) is 8.78. The lowest BCUT2D eigenvalue weighted by molar-refractivity contribution is 0.0950. The van der Waals surface area contributed by atoms with Crippen LogP contribution < -0.4 is 0 Å². The molecule has 1 saturated heterocycles. The zero-order chi connectivity index (χ0) is 13.0. The van der Waals surface area contributed by atoms with E-state index in [4.69, 9.17) is 0 Å². The van der Waals surface area contributed by atoms with Gasteiger partial charge >= 0.3 is 0 Å². The number of hydrogen-bond acceptors (Lipinski definition) is 2. The van der Waals surface area contributed by atoms with Crippen molar-refractivity contribution in [2.24, 2.45) is 0 Å². The van der Waals surface area contributed by atoms with Gasteiger partial charge in [0, 0.05) is 17.6 Å². The molecule has 0 saturated carbocycles. The second-order valence-corrected chi connectivity index (χ2v) is 5.41. The summed E-state index contributed by atoms with van der Waals surface area (Å²) in [5.41, 5.74) is 1.07. The summed E-state index contributed by atoms with van der Waals surface area (Å²) < 4.78 is 0. The van der Waals surface area contributed by atoms with Crippen LogP contribution in [0.3, 0.4) is 0 Å². The Balaban J connectivity index is 2.15. The van der Waals surface area contributed by atoms with E-state index in [9.17, 15) is 5.11 Å². The van der Waals surface area contributed by atoms with Crippen molar-refractivity contribution >= 4 is 0 Å². The topological polar surface area (TPSA) is 23.5 Å². The minimum absolute atomic E-state index is 0.322. The Morgan fingerprint density at radius 1 is 1.33 bits per heavy atom. The zero-order valence-electron chi connectivity index (χ0n) is 11.6. The Hall–Kier alpha value is -1.02. The molecule has 0 bridgehead atoms. The SMILES string of the molecule is CCCC1CCCCN1C(C)c1ccccc1O. The van der Waals surface area contributed by atoms with Crippen molar-refractivity contribution < 1.29 is 5.11 Å². The van der Waals surface area contributed by atoms with Crippen LogP contribution in [-0.4, -0.2) is 22.6 Å². The molecule has 2 rings (SSSR count). The van der Waals surface area contributed by atoms with Crippen LogP contribution in [0.4, 0.5) is 0 Å². The molecule has 2 unspecified atom stereocenters. The minimum atomic E-state index is 0.322. The molecule has 1 fully saturated rings. The van der Waals surface area contributed by atoms with E-state index in [1.807, 2.05) is 12.1 Å². The number of benzene rings is 1. The molecule has 18 heavy (non-hydrogen) atoms. The van der Waals surface area contributed by atoms with E-state index >= 15 is 0 Å². The first-order chi connectivity index (χ1) is 8.74. The highest BCUT2D eigenvalue weighted by Crippen LogP contribution is 2.33. The van der Waals surface area contributed by atoms with Gasteiger partial charge in [-0.2, -0.15) is 0 Å². The number of rotatable bonds is 4. The Morgan fingerprint density at radius 2 is 2.11 bits per heavy atom. The Morgan fingerprint density at radius 3 is 2.83 bits per heavy atom. The molecular formula is C16H25NO. The third kappa shape index (κ3) is 2.86. The molecule has 1 aromatic rings. The number of piperidine rings is 1. The largest absolute Gasteiger partial charge is 0.508 e. The van der Waals surface area contributed by atoms with E-state index in [1.54, 1.807) is 6.07 Å². The quantitative estimate of drug-likeness (QED) is 0.865. The van der Waals surface area contributed by atoms with Gasteiger partial charge in [0.2, 0.25) is 0 Å². The maximum Gasteiger partial charge on any atom is 0.120 e. The van der Waals surface area contributed by atoms with Crippen molar-refractivity contribution in [1.82, 2.24) is 4.90 Å². The van der Waals surface area contributed by atoms with Crippen molar-refractivity contribution in [3.63, 3.8) is 0 Å². The summed E-state index contributed by atoms with van der Waals surface area (Å²) >= 11 is 0. The molecule has 1 N–H and O–H groups in total. The Bertz CT molecular complexity index is 375. The van der Waals surface area contributed by atoms with E-state index in [-0.39, 0.29) is 0 Å². The summed E-state index contributed by atoms with van der Waals surface area (Å²) in [4.78, 5) is 2.59. The van der Waals surface area contributed by atoms with Crippen molar-refractivity contribution in [2.75, 3.05) is 6.54 Å². The summed E-state index contributed by atoms with van der Waals surface area (Å²) in [5.74, 6) is 0.436. The number of likely N-dealkylation sites (tertiary alicyclic amines) is 1. The molecular weight excluding hydrogens is 222 g/mol. The second kappa shape index (κ2) is 6.24. The molecule has 2 heteroatoms. The molecule has 0 amide bonds. The Labute approximate surface area is 111 Å². The van der Waals surface area contributed by atoms with Crippen LogP contribution in [0.1, 0.15) is 57.6 Å². The third-order valence-electron chi connectivity index (χ3n) is 4.18. The highest BCUT2D eigenvalue weighted by Gasteiger charge is 2.27. The van der Waals surface area contributed by atoms with Crippen LogP contribution in [0.5, 0.6) is 5.75 Å². The fourth-order valence-corrected chi connectivity index (χ4v) is 3.20. The third-order valence-corrected chi connectivity index (χ3v) is 4.18.